The predicted octanol–water partition coefficient (Wildman–Crippen LogP) is 3.49. The number of benzene rings is 1. The van der Waals surface area contributed by atoms with Gasteiger partial charge in [0, 0.05) is 9.75 Å². The number of ether oxygens (including phenoxy) is 2. The van der Waals surface area contributed by atoms with Crippen LogP contribution in [0.3, 0.4) is 0 Å². The third-order valence-corrected chi connectivity index (χ3v) is 3.62. The van der Waals surface area contributed by atoms with Gasteiger partial charge in [0.2, 0.25) is 0 Å². The van der Waals surface area contributed by atoms with Crippen LogP contribution < -0.4 is 9.47 Å². The Kier molecular flexibility index (Phi) is 2.33. The molecule has 0 saturated carbocycles. The highest BCUT2D eigenvalue weighted by Gasteiger charge is 2.12. The van der Waals surface area contributed by atoms with Crippen LogP contribution in [0.15, 0.2) is 30.3 Å². The molecule has 0 aliphatic carbocycles. The van der Waals surface area contributed by atoms with E-state index < -0.39 is 0 Å². The summed E-state index contributed by atoms with van der Waals surface area (Å²) < 4.78 is 11.1. The maximum Gasteiger partial charge on any atom is 0.162 e. The molecule has 1 aromatic carbocycles. The van der Waals surface area contributed by atoms with Crippen molar-refractivity contribution in [2.24, 2.45) is 0 Å². The highest BCUT2D eigenvalue weighted by atomic mass is 32.1. The fourth-order valence-electron chi connectivity index (χ4n) is 1.79. The number of fused-ring (bicyclic) bond motifs is 1. The van der Waals surface area contributed by atoms with Gasteiger partial charge >= 0.3 is 0 Å². The lowest BCUT2D eigenvalue weighted by Gasteiger charge is -2.18. The van der Waals surface area contributed by atoms with E-state index in [1.54, 1.807) is 11.3 Å². The Morgan fingerprint density at radius 1 is 1.00 bits per heavy atom. The standard InChI is InChI=1S/C13H12O2S/c1-9-2-5-13(16-9)10-3-4-11-12(8-10)15-7-6-14-11/h2-5,8H,6-7H2,1H3. The zero-order valence-electron chi connectivity index (χ0n) is 9.03. The van der Waals surface area contributed by atoms with Crippen LogP contribution in [0.4, 0.5) is 0 Å². The second-order valence-corrected chi connectivity index (χ2v) is 5.06. The summed E-state index contributed by atoms with van der Waals surface area (Å²) in [5.41, 5.74) is 1.20. The molecule has 16 heavy (non-hydrogen) atoms. The van der Waals surface area contributed by atoms with Crippen molar-refractivity contribution in [3.8, 4) is 21.9 Å². The fraction of sp³-hybridized carbons (Fsp3) is 0.231. The summed E-state index contributed by atoms with van der Waals surface area (Å²) in [6, 6.07) is 10.4. The molecule has 0 amide bonds. The van der Waals surface area contributed by atoms with Crippen LogP contribution in [0.2, 0.25) is 0 Å². The smallest absolute Gasteiger partial charge is 0.162 e. The molecule has 1 aliphatic rings. The van der Waals surface area contributed by atoms with Crippen molar-refractivity contribution in [1.29, 1.82) is 0 Å². The van der Waals surface area contributed by atoms with Crippen LogP contribution >= 0.6 is 11.3 Å². The van der Waals surface area contributed by atoms with Crippen LogP contribution in [0.1, 0.15) is 4.88 Å². The minimum absolute atomic E-state index is 0.639. The largest absolute Gasteiger partial charge is 0.486 e. The summed E-state index contributed by atoms with van der Waals surface area (Å²) in [5.74, 6) is 1.71. The lowest BCUT2D eigenvalue weighted by Crippen LogP contribution is -2.15. The average molecular weight is 232 g/mol. The number of hydrogen-bond acceptors (Lipinski definition) is 3. The van der Waals surface area contributed by atoms with Gasteiger partial charge in [-0.25, -0.2) is 0 Å². The molecule has 2 heterocycles. The summed E-state index contributed by atoms with van der Waals surface area (Å²) in [6.07, 6.45) is 0. The summed E-state index contributed by atoms with van der Waals surface area (Å²) in [6.45, 7) is 3.40. The molecule has 82 valence electrons. The van der Waals surface area contributed by atoms with Gasteiger partial charge in [-0.05, 0) is 42.8 Å². The van der Waals surface area contributed by atoms with Gasteiger partial charge in [0.1, 0.15) is 13.2 Å². The van der Waals surface area contributed by atoms with Gasteiger partial charge in [-0.15, -0.1) is 11.3 Å². The Morgan fingerprint density at radius 2 is 1.81 bits per heavy atom. The first kappa shape index (κ1) is 9.73. The van der Waals surface area contributed by atoms with Crippen molar-refractivity contribution in [3.63, 3.8) is 0 Å². The fourth-order valence-corrected chi connectivity index (χ4v) is 2.65. The van der Waals surface area contributed by atoms with Gasteiger partial charge in [-0.2, -0.15) is 0 Å². The Bertz CT molecular complexity index is 516. The van der Waals surface area contributed by atoms with Crippen LogP contribution in [0, 0.1) is 6.92 Å². The minimum Gasteiger partial charge on any atom is -0.486 e. The Hall–Kier alpha value is -1.48. The first-order valence-corrected chi connectivity index (χ1v) is 6.11. The van der Waals surface area contributed by atoms with E-state index in [2.05, 4.69) is 31.2 Å². The number of thiophene rings is 1. The van der Waals surface area contributed by atoms with Gasteiger partial charge in [0.15, 0.2) is 11.5 Å². The van der Waals surface area contributed by atoms with E-state index in [1.165, 1.54) is 15.3 Å². The van der Waals surface area contributed by atoms with Crippen molar-refractivity contribution in [2.75, 3.05) is 13.2 Å². The molecule has 0 unspecified atom stereocenters. The number of rotatable bonds is 1. The molecular weight excluding hydrogens is 220 g/mol. The normalized spacial score (nSPS) is 13.8. The third kappa shape index (κ3) is 1.67. The molecule has 0 radical (unpaired) electrons. The summed E-state index contributed by atoms with van der Waals surface area (Å²) in [5, 5.41) is 0. The summed E-state index contributed by atoms with van der Waals surface area (Å²) in [7, 11) is 0. The monoisotopic (exact) mass is 232 g/mol. The van der Waals surface area contributed by atoms with E-state index in [4.69, 9.17) is 9.47 Å². The van der Waals surface area contributed by atoms with E-state index >= 15 is 0 Å². The average Bonchev–Trinajstić information content (AvgIpc) is 2.75. The van der Waals surface area contributed by atoms with E-state index in [0.717, 1.165) is 11.5 Å². The highest BCUT2D eigenvalue weighted by Crippen LogP contribution is 2.36. The van der Waals surface area contributed by atoms with Gasteiger partial charge in [0.25, 0.3) is 0 Å². The SMILES string of the molecule is Cc1ccc(-c2ccc3c(c2)OCCO3)s1. The second kappa shape index (κ2) is 3.83. The summed E-state index contributed by atoms with van der Waals surface area (Å²) in [4.78, 5) is 2.60. The summed E-state index contributed by atoms with van der Waals surface area (Å²) >= 11 is 1.80. The molecule has 2 nitrogen and oxygen atoms in total. The topological polar surface area (TPSA) is 18.5 Å². The molecule has 2 aromatic rings. The first-order valence-electron chi connectivity index (χ1n) is 5.29. The van der Waals surface area contributed by atoms with Crippen molar-refractivity contribution in [2.45, 2.75) is 6.92 Å². The van der Waals surface area contributed by atoms with Crippen molar-refractivity contribution in [1.82, 2.24) is 0 Å². The van der Waals surface area contributed by atoms with Gasteiger partial charge < -0.3 is 9.47 Å². The Balaban J connectivity index is 2.02. The van der Waals surface area contributed by atoms with Crippen molar-refractivity contribution >= 4 is 11.3 Å². The van der Waals surface area contributed by atoms with E-state index in [0.29, 0.717) is 13.2 Å². The number of hydrogen-bond donors (Lipinski definition) is 0. The Morgan fingerprint density at radius 3 is 2.56 bits per heavy atom. The first-order chi connectivity index (χ1) is 7.83. The lowest BCUT2D eigenvalue weighted by atomic mass is 10.1. The predicted molar refractivity (Wildman–Crippen MR) is 65.5 cm³/mol. The second-order valence-electron chi connectivity index (χ2n) is 3.77. The molecule has 3 heteroatoms. The zero-order chi connectivity index (χ0) is 11.0. The zero-order valence-corrected chi connectivity index (χ0v) is 9.84. The van der Waals surface area contributed by atoms with Gasteiger partial charge in [0.05, 0.1) is 0 Å². The molecule has 0 atom stereocenters. The molecular formula is C13H12O2S. The maximum absolute atomic E-state index is 5.57. The number of aryl methyl sites for hydroxylation is 1. The molecule has 1 aromatic heterocycles. The molecule has 0 bridgehead atoms. The van der Waals surface area contributed by atoms with Crippen LogP contribution in [-0.2, 0) is 0 Å². The molecule has 3 rings (SSSR count). The van der Waals surface area contributed by atoms with E-state index in [-0.39, 0.29) is 0 Å². The molecule has 1 aliphatic heterocycles. The molecule has 0 N–H and O–H groups in total. The van der Waals surface area contributed by atoms with E-state index in [9.17, 15) is 0 Å². The molecule has 0 spiro atoms. The molecule has 0 saturated heterocycles. The van der Waals surface area contributed by atoms with Crippen LogP contribution in [-0.4, -0.2) is 13.2 Å². The van der Waals surface area contributed by atoms with E-state index in [1.807, 2.05) is 6.07 Å². The maximum atomic E-state index is 5.57. The highest BCUT2D eigenvalue weighted by molar-refractivity contribution is 7.15. The minimum atomic E-state index is 0.639. The third-order valence-electron chi connectivity index (χ3n) is 2.57. The van der Waals surface area contributed by atoms with Crippen LogP contribution in [0.5, 0.6) is 11.5 Å². The lowest BCUT2D eigenvalue weighted by molar-refractivity contribution is 0.171. The van der Waals surface area contributed by atoms with Gasteiger partial charge in [-0.3, -0.25) is 0 Å². The van der Waals surface area contributed by atoms with Crippen molar-refractivity contribution < 1.29 is 9.47 Å². The quantitative estimate of drug-likeness (QED) is 0.749. The molecule has 0 fully saturated rings. The van der Waals surface area contributed by atoms with Crippen molar-refractivity contribution in [3.05, 3.63) is 35.2 Å². The van der Waals surface area contributed by atoms with Crippen LogP contribution in [0.25, 0.3) is 10.4 Å². The van der Waals surface area contributed by atoms with Gasteiger partial charge in [-0.1, -0.05) is 0 Å². The Labute approximate surface area is 98.4 Å².